The molecule has 3 aromatic rings. The van der Waals surface area contributed by atoms with Crippen molar-refractivity contribution in [1.82, 2.24) is 10.3 Å². The fourth-order valence-corrected chi connectivity index (χ4v) is 3.55. The van der Waals surface area contributed by atoms with Crippen LogP contribution in [-0.2, 0) is 13.1 Å². The first-order valence-corrected chi connectivity index (χ1v) is 8.45. The number of phenols is 1. The molecule has 1 heterocycles. The fourth-order valence-electron chi connectivity index (χ4n) is 2.27. The molecule has 1 aromatic heterocycles. The van der Waals surface area contributed by atoms with E-state index < -0.39 is 0 Å². The molecular weight excluding hydrogens is 408 g/mol. The predicted octanol–water partition coefficient (Wildman–Crippen LogP) is 4.76. The summed E-state index contributed by atoms with van der Waals surface area (Å²) in [6.07, 6.45) is 0. The zero-order valence-corrected chi connectivity index (χ0v) is 14.9. The molecule has 0 saturated carbocycles. The highest BCUT2D eigenvalue weighted by Crippen LogP contribution is 2.36. The van der Waals surface area contributed by atoms with Gasteiger partial charge in [0.1, 0.15) is 5.52 Å². The van der Waals surface area contributed by atoms with Crippen LogP contribution in [0, 0.1) is 0 Å². The van der Waals surface area contributed by atoms with Gasteiger partial charge < -0.3 is 10.4 Å². The van der Waals surface area contributed by atoms with E-state index in [-0.39, 0.29) is 5.75 Å². The van der Waals surface area contributed by atoms with Gasteiger partial charge in [-0.3, -0.25) is 0 Å². The molecule has 0 aliphatic heterocycles. The van der Waals surface area contributed by atoms with Crippen LogP contribution in [0.2, 0.25) is 0 Å². The van der Waals surface area contributed by atoms with Crippen molar-refractivity contribution in [3.8, 4) is 5.75 Å². The average Bonchev–Trinajstić information content (AvgIpc) is 2.54. The molecule has 112 valence electrons. The second-order valence-corrected chi connectivity index (χ2v) is 6.69. The maximum Gasteiger partial charge on any atom is 0.156 e. The summed E-state index contributed by atoms with van der Waals surface area (Å²) in [6.45, 7) is 1.43. The maximum atomic E-state index is 10.2. The lowest BCUT2D eigenvalue weighted by molar-refractivity contribution is 0.476. The number of hydrogen-bond acceptors (Lipinski definition) is 3. The lowest BCUT2D eigenvalue weighted by Crippen LogP contribution is -2.13. The van der Waals surface area contributed by atoms with Gasteiger partial charge in [-0.15, -0.1) is 0 Å². The number of nitrogens with zero attached hydrogens (tertiary/aromatic N) is 1. The first kappa shape index (κ1) is 15.5. The minimum absolute atomic E-state index is 0.170. The van der Waals surface area contributed by atoms with E-state index in [1.807, 2.05) is 36.4 Å². The lowest BCUT2D eigenvalue weighted by atomic mass is 10.2. The molecule has 0 spiro atoms. The van der Waals surface area contributed by atoms with Crippen LogP contribution in [0.1, 0.15) is 11.3 Å². The summed E-state index contributed by atoms with van der Waals surface area (Å²) in [6, 6.07) is 16.0. The Morgan fingerprint density at radius 3 is 2.50 bits per heavy atom. The Kier molecular flexibility index (Phi) is 4.76. The van der Waals surface area contributed by atoms with Crippen molar-refractivity contribution >= 4 is 42.8 Å². The van der Waals surface area contributed by atoms with Gasteiger partial charge in [0, 0.05) is 22.9 Å². The Bertz CT molecular complexity index is 807. The van der Waals surface area contributed by atoms with Gasteiger partial charge in [-0.25, -0.2) is 4.98 Å². The summed E-state index contributed by atoms with van der Waals surface area (Å²) in [7, 11) is 0. The van der Waals surface area contributed by atoms with Crippen LogP contribution in [-0.4, -0.2) is 10.1 Å². The molecule has 0 bridgehead atoms. The molecule has 5 heteroatoms. The van der Waals surface area contributed by atoms with Gasteiger partial charge in [-0.2, -0.15) is 0 Å². The van der Waals surface area contributed by atoms with E-state index in [1.54, 1.807) is 0 Å². The SMILES string of the molecule is Oc1c(Br)cc(Br)c2ccc(CNCc3ccccc3)nc12. The summed E-state index contributed by atoms with van der Waals surface area (Å²) in [5.41, 5.74) is 2.72. The number of rotatable bonds is 4. The molecule has 0 radical (unpaired) electrons. The molecule has 0 fully saturated rings. The largest absolute Gasteiger partial charge is 0.505 e. The van der Waals surface area contributed by atoms with E-state index in [2.05, 4.69) is 54.3 Å². The van der Waals surface area contributed by atoms with Crippen molar-refractivity contribution in [2.75, 3.05) is 0 Å². The summed E-state index contributed by atoms with van der Waals surface area (Å²) in [4.78, 5) is 4.56. The molecule has 22 heavy (non-hydrogen) atoms. The Morgan fingerprint density at radius 2 is 1.73 bits per heavy atom. The van der Waals surface area contributed by atoms with Gasteiger partial charge in [-0.05, 0) is 39.7 Å². The van der Waals surface area contributed by atoms with Gasteiger partial charge >= 0.3 is 0 Å². The molecule has 0 amide bonds. The van der Waals surface area contributed by atoms with Gasteiger partial charge in [-0.1, -0.05) is 46.3 Å². The molecule has 0 aliphatic rings. The highest BCUT2D eigenvalue weighted by Gasteiger charge is 2.10. The molecule has 2 N–H and O–H groups in total. The standard InChI is InChI=1S/C17H14Br2N2O/c18-14-8-15(19)17(22)16-13(14)7-6-12(21-16)10-20-9-11-4-2-1-3-5-11/h1-8,20,22H,9-10H2. The Morgan fingerprint density at radius 1 is 0.955 bits per heavy atom. The van der Waals surface area contributed by atoms with Gasteiger partial charge in [0.15, 0.2) is 5.75 Å². The topological polar surface area (TPSA) is 45.1 Å². The van der Waals surface area contributed by atoms with Crippen LogP contribution in [0.15, 0.2) is 57.5 Å². The minimum Gasteiger partial charge on any atom is -0.505 e. The zero-order valence-electron chi connectivity index (χ0n) is 11.7. The van der Waals surface area contributed by atoms with Crippen LogP contribution in [0.25, 0.3) is 10.9 Å². The van der Waals surface area contributed by atoms with Crippen molar-refractivity contribution in [2.45, 2.75) is 13.1 Å². The number of aromatic hydroxyl groups is 1. The zero-order chi connectivity index (χ0) is 15.5. The second kappa shape index (κ2) is 6.77. The highest BCUT2D eigenvalue weighted by atomic mass is 79.9. The lowest BCUT2D eigenvalue weighted by Gasteiger charge is -2.09. The van der Waals surface area contributed by atoms with E-state index in [9.17, 15) is 5.11 Å². The smallest absolute Gasteiger partial charge is 0.156 e. The normalized spacial score (nSPS) is 11.0. The number of pyridine rings is 1. The summed E-state index contributed by atoms with van der Waals surface area (Å²) >= 11 is 6.83. The number of hydrogen-bond donors (Lipinski definition) is 2. The first-order valence-electron chi connectivity index (χ1n) is 6.86. The Hall–Kier alpha value is -1.43. The molecule has 3 rings (SSSR count). The Labute approximate surface area is 145 Å². The number of halogens is 2. The second-order valence-electron chi connectivity index (χ2n) is 4.98. The predicted molar refractivity (Wildman–Crippen MR) is 95.8 cm³/mol. The van der Waals surface area contributed by atoms with E-state index >= 15 is 0 Å². The molecular formula is C17H14Br2N2O. The molecule has 0 saturated heterocycles. The van der Waals surface area contributed by atoms with Crippen molar-refractivity contribution in [2.24, 2.45) is 0 Å². The molecule has 0 unspecified atom stereocenters. The summed E-state index contributed by atoms with van der Waals surface area (Å²) < 4.78 is 1.54. The van der Waals surface area contributed by atoms with Gasteiger partial charge in [0.25, 0.3) is 0 Å². The van der Waals surface area contributed by atoms with E-state index in [0.717, 1.165) is 22.1 Å². The Balaban J connectivity index is 1.79. The van der Waals surface area contributed by atoms with Crippen molar-refractivity contribution in [1.29, 1.82) is 0 Å². The van der Waals surface area contributed by atoms with Crippen LogP contribution in [0.5, 0.6) is 5.75 Å². The van der Waals surface area contributed by atoms with Crippen LogP contribution in [0.4, 0.5) is 0 Å². The van der Waals surface area contributed by atoms with Crippen LogP contribution >= 0.6 is 31.9 Å². The number of fused-ring (bicyclic) bond motifs is 1. The quantitative estimate of drug-likeness (QED) is 0.638. The van der Waals surface area contributed by atoms with E-state index in [0.29, 0.717) is 16.5 Å². The van der Waals surface area contributed by atoms with Gasteiger partial charge in [0.2, 0.25) is 0 Å². The minimum atomic E-state index is 0.170. The van der Waals surface area contributed by atoms with E-state index in [1.165, 1.54) is 5.56 Å². The third-order valence-electron chi connectivity index (χ3n) is 3.39. The molecule has 0 aliphatic carbocycles. The average molecular weight is 422 g/mol. The number of phenolic OH excluding ortho intramolecular Hbond substituents is 1. The van der Waals surface area contributed by atoms with Crippen LogP contribution in [0.3, 0.4) is 0 Å². The number of aromatic nitrogens is 1. The van der Waals surface area contributed by atoms with Crippen LogP contribution < -0.4 is 5.32 Å². The van der Waals surface area contributed by atoms with Gasteiger partial charge in [0.05, 0.1) is 10.2 Å². The molecule has 0 atom stereocenters. The maximum absolute atomic E-state index is 10.2. The highest BCUT2D eigenvalue weighted by molar-refractivity contribution is 9.11. The van der Waals surface area contributed by atoms with Crippen molar-refractivity contribution in [3.05, 3.63) is 68.7 Å². The molecule has 2 aromatic carbocycles. The summed E-state index contributed by atoms with van der Waals surface area (Å²) in [5.74, 6) is 0.170. The number of nitrogens with one attached hydrogen (secondary N) is 1. The van der Waals surface area contributed by atoms with Crippen molar-refractivity contribution < 1.29 is 5.11 Å². The number of benzene rings is 2. The monoisotopic (exact) mass is 420 g/mol. The van der Waals surface area contributed by atoms with Crippen molar-refractivity contribution in [3.63, 3.8) is 0 Å². The fraction of sp³-hybridized carbons (Fsp3) is 0.118. The summed E-state index contributed by atoms with van der Waals surface area (Å²) in [5, 5.41) is 14.4. The molecule has 3 nitrogen and oxygen atoms in total. The van der Waals surface area contributed by atoms with E-state index in [4.69, 9.17) is 0 Å². The first-order chi connectivity index (χ1) is 10.6. The third kappa shape index (κ3) is 3.32. The third-order valence-corrected chi connectivity index (χ3v) is 4.65.